The summed E-state index contributed by atoms with van der Waals surface area (Å²) in [7, 11) is 0. The molecular weight excluding hydrogens is 506 g/mol. The number of ether oxygens (including phenoxy) is 1. The Labute approximate surface area is 229 Å². The van der Waals surface area contributed by atoms with E-state index in [1.807, 2.05) is 43.3 Å². The number of benzene rings is 1. The molecule has 5 aromatic rings. The Morgan fingerprint density at radius 3 is 2.88 bits per heavy atom. The molecule has 0 unspecified atom stereocenters. The summed E-state index contributed by atoms with van der Waals surface area (Å²) in [6, 6.07) is 11.5. The first-order valence-corrected chi connectivity index (χ1v) is 12.5. The maximum atomic E-state index is 11.9. The first-order valence-electron chi connectivity index (χ1n) is 12.5. The minimum Gasteiger partial charge on any atom is -0.457 e. The summed E-state index contributed by atoms with van der Waals surface area (Å²) in [6.07, 6.45) is 10.3. The van der Waals surface area contributed by atoms with Gasteiger partial charge in [0.2, 0.25) is 5.91 Å². The van der Waals surface area contributed by atoms with E-state index in [2.05, 4.69) is 38.0 Å². The lowest BCUT2D eigenvalue weighted by atomic mass is 10.1. The minimum atomic E-state index is -0.104. The molecule has 11 heteroatoms. The average Bonchev–Trinajstić information content (AvgIpc) is 3.46. The van der Waals surface area contributed by atoms with Crippen LogP contribution in [0.3, 0.4) is 0 Å². The topological polar surface area (TPSA) is 134 Å². The normalized spacial score (nSPS) is 13.1. The monoisotopic (exact) mass is 529 g/mol. The van der Waals surface area contributed by atoms with Crippen molar-refractivity contribution in [1.82, 2.24) is 34.4 Å². The van der Waals surface area contributed by atoms with E-state index < -0.39 is 0 Å². The van der Waals surface area contributed by atoms with Gasteiger partial charge in [-0.2, -0.15) is 10.4 Å². The second-order valence-corrected chi connectivity index (χ2v) is 9.19. The lowest BCUT2D eigenvalue weighted by Crippen LogP contribution is -2.33. The lowest BCUT2D eigenvalue weighted by Gasteiger charge is -2.24. The van der Waals surface area contributed by atoms with Crippen LogP contribution >= 0.6 is 0 Å². The van der Waals surface area contributed by atoms with Crippen molar-refractivity contribution in [3.05, 3.63) is 90.9 Å². The first-order chi connectivity index (χ1) is 19.5. The van der Waals surface area contributed by atoms with Gasteiger partial charge < -0.3 is 15.0 Å². The smallest absolute Gasteiger partial charge is 0.246 e. The number of aryl methyl sites for hydroxylation is 1. The number of carbonyl (C=O) groups excluding carboxylic acids is 1. The molecule has 0 aliphatic carbocycles. The molecule has 6 rings (SSSR count). The number of aromatic nitrogens is 6. The number of pyridine rings is 2. The van der Waals surface area contributed by atoms with Crippen molar-refractivity contribution in [2.24, 2.45) is 0 Å². The third-order valence-electron chi connectivity index (χ3n) is 6.64. The van der Waals surface area contributed by atoms with Crippen LogP contribution in [0.15, 0.2) is 74.0 Å². The molecule has 1 aliphatic heterocycles. The van der Waals surface area contributed by atoms with Crippen LogP contribution in [0, 0.1) is 18.3 Å². The molecule has 0 atom stereocenters. The third-order valence-corrected chi connectivity index (χ3v) is 6.64. The first kappa shape index (κ1) is 24.7. The minimum absolute atomic E-state index is 0.104. The number of carbonyl (C=O) groups is 1. The molecule has 0 fully saturated rings. The fourth-order valence-corrected chi connectivity index (χ4v) is 4.52. The lowest BCUT2D eigenvalue weighted by molar-refractivity contribution is -0.125. The zero-order chi connectivity index (χ0) is 27.6. The zero-order valence-electron chi connectivity index (χ0n) is 21.6. The van der Waals surface area contributed by atoms with Crippen LogP contribution in [0.2, 0.25) is 0 Å². The summed E-state index contributed by atoms with van der Waals surface area (Å²) in [6.45, 7) is 6.52. The summed E-state index contributed by atoms with van der Waals surface area (Å²) < 4.78 is 7.75. The Balaban J connectivity index is 1.29. The van der Waals surface area contributed by atoms with Gasteiger partial charge in [0, 0.05) is 37.2 Å². The number of nitrogens with zero attached hydrogens (tertiary/aromatic N) is 8. The number of nitrogens with one attached hydrogen (secondary N) is 1. The van der Waals surface area contributed by atoms with Gasteiger partial charge in [-0.05, 0) is 54.8 Å². The highest BCUT2D eigenvalue weighted by molar-refractivity contribution is 5.93. The number of fused-ring (bicyclic) bond motifs is 2. The molecule has 0 bridgehead atoms. The molecule has 1 amide bonds. The van der Waals surface area contributed by atoms with Crippen LogP contribution in [-0.2, 0) is 4.79 Å². The molecule has 196 valence electrons. The van der Waals surface area contributed by atoms with Gasteiger partial charge in [-0.3, -0.25) is 9.78 Å². The number of amides is 1. The second-order valence-electron chi connectivity index (χ2n) is 9.19. The highest BCUT2D eigenvalue weighted by Gasteiger charge is 2.19. The molecule has 5 heterocycles. The highest BCUT2D eigenvalue weighted by Crippen LogP contribution is 2.32. The molecule has 4 aromatic heterocycles. The van der Waals surface area contributed by atoms with Gasteiger partial charge in [0.15, 0.2) is 11.5 Å². The molecule has 11 nitrogen and oxygen atoms in total. The van der Waals surface area contributed by atoms with E-state index in [4.69, 9.17) is 9.72 Å². The van der Waals surface area contributed by atoms with E-state index in [9.17, 15) is 10.1 Å². The fraction of sp³-hybridized carbons (Fsp3) is 0.138. The van der Waals surface area contributed by atoms with Crippen LogP contribution in [0.4, 0.5) is 11.4 Å². The standard InChI is InChI=1S/C29H23N9O2/c1-3-26(39)37-9-6-19(7-10-37)29-32-16-23-28(36-29)27(20(14-30)15-31-23)35-21-4-5-24(18(2)12-21)40-22-8-11-38-25(13-22)33-17-34-38/h3-6,8,11-13,15-17H,1,7,9-10H2,2H3,(H,31,35). The predicted molar refractivity (Wildman–Crippen MR) is 149 cm³/mol. The summed E-state index contributed by atoms with van der Waals surface area (Å²) >= 11 is 0. The maximum absolute atomic E-state index is 11.9. The predicted octanol–water partition coefficient (Wildman–Crippen LogP) is 4.59. The quantitative estimate of drug-likeness (QED) is 0.314. The maximum Gasteiger partial charge on any atom is 0.246 e. The van der Waals surface area contributed by atoms with Crippen LogP contribution in [0.25, 0.3) is 22.3 Å². The Morgan fingerprint density at radius 1 is 1.20 bits per heavy atom. The summed E-state index contributed by atoms with van der Waals surface area (Å²) in [5.74, 6) is 1.77. The largest absolute Gasteiger partial charge is 0.457 e. The van der Waals surface area contributed by atoms with Crippen LogP contribution in [-0.4, -0.2) is 53.4 Å². The molecule has 0 saturated carbocycles. The van der Waals surface area contributed by atoms with Gasteiger partial charge >= 0.3 is 0 Å². The van der Waals surface area contributed by atoms with Gasteiger partial charge in [0.05, 0.1) is 17.4 Å². The summed E-state index contributed by atoms with van der Waals surface area (Å²) in [5, 5.41) is 17.3. The van der Waals surface area contributed by atoms with Gasteiger partial charge in [-0.25, -0.2) is 19.5 Å². The third kappa shape index (κ3) is 4.69. The summed E-state index contributed by atoms with van der Waals surface area (Å²) in [4.78, 5) is 31.5. The Kier molecular flexibility index (Phi) is 6.34. The van der Waals surface area contributed by atoms with Crippen molar-refractivity contribution in [2.45, 2.75) is 13.3 Å². The fourth-order valence-electron chi connectivity index (χ4n) is 4.52. The second kappa shape index (κ2) is 10.3. The van der Waals surface area contributed by atoms with E-state index in [-0.39, 0.29) is 5.91 Å². The molecule has 0 radical (unpaired) electrons. The van der Waals surface area contributed by atoms with Crippen molar-refractivity contribution in [3.63, 3.8) is 0 Å². The van der Waals surface area contributed by atoms with Crippen LogP contribution in [0.5, 0.6) is 11.5 Å². The van der Waals surface area contributed by atoms with Crippen molar-refractivity contribution >= 4 is 39.5 Å². The van der Waals surface area contributed by atoms with Crippen molar-refractivity contribution in [2.75, 3.05) is 18.4 Å². The van der Waals surface area contributed by atoms with Crippen molar-refractivity contribution in [3.8, 4) is 17.6 Å². The van der Waals surface area contributed by atoms with Crippen LogP contribution < -0.4 is 10.1 Å². The number of hydrogen-bond acceptors (Lipinski definition) is 9. The molecule has 40 heavy (non-hydrogen) atoms. The van der Waals surface area contributed by atoms with E-state index >= 15 is 0 Å². The molecule has 1 aromatic carbocycles. The van der Waals surface area contributed by atoms with E-state index in [1.165, 1.54) is 18.6 Å². The van der Waals surface area contributed by atoms with E-state index in [0.29, 0.717) is 64.8 Å². The van der Waals surface area contributed by atoms with Gasteiger partial charge in [0.25, 0.3) is 0 Å². The van der Waals surface area contributed by atoms with Crippen molar-refractivity contribution < 1.29 is 9.53 Å². The molecule has 0 saturated heterocycles. The number of hydrogen-bond donors (Lipinski definition) is 1. The number of rotatable bonds is 6. The molecular formula is C29H23N9O2. The summed E-state index contributed by atoms with van der Waals surface area (Å²) in [5.41, 5.74) is 5.28. The number of anilines is 2. The Hall–Kier alpha value is -5.63. The molecule has 1 aliphatic rings. The molecule has 0 spiro atoms. The highest BCUT2D eigenvalue weighted by atomic mass is 16.5. The Morgan fingerprint density at radius 2 is 2.10 bits per heavy atom. The van der Waals surface area contributed by atoms with E-state index in [1.54, 1.807) is 21.8 Å². The van der Waals surface area contributed by atoms with E-state index in [0.717, 1.165) is 16.8 Å². The van der Waals surface area contributed by atoms with Gasteiger partial charge in [-0.1, -0.05) is 12.7 Å². The SMILES string of the molecule is C=CC(=O)N1CC=C(c2ncc3ncc(C#N)c(Nc4ccc(Oc5ccn6ncnc6c5)c(C)c4)c3n2)CC1. The average molecular weight is 530 g/mol. The van der Waals surface area contributed by atoms with Crippen LogP contribution in [0.1, 0.15) is 23.4 Å². The van der Waals surface area contributed by atoms with Gasteiger partial charge in [0.1, 0.15) is 34.9 Å². The Bertz CT molecular complexity index is 1870. The molecule has 1 N–H and O–H groups in total. The zero-order valence-corrected chi connectivity index (χ0v) is 21.6. The van der Waals surface area contributed by atoms with Gasteiger partial charge in [-0.15, -0.1) is 0 Å². The van der Waals surface area contributed by atoms with Crippen molar-refractivity contribution in [1.29, 1.82) is 5.26 Å². The number of nitriles is 1.